The number of nitrogens with two attached hydrogens (primary N) is 1. The van der Waals surface area contributed by atoms with Gasteiger partial charge in [0.25, 0.3) is 0 Å². The van der Waals surface area contributed by atoms with Crippen molar-refractivity contribution in [3.8, 4) is 23.0 Å². The van der Waals surface area contributed by atoms with E-state index in [1.807, 2.05) is 6.07 Å². The second kappa shape index (κ2) is 13.7. The van der Waals surface area contributed by atoms with Gasteiger partial charge in [0.1, 0.15) is 10.6 Å². The molecule has 1 atom stereocenters. The van der Waals surface area contributed by atoms with Crippen LogP contribution in [0.2, 0.25) is 0 Å². The normalized spacial score (nSPS) is 14.5. The van der Waals surface area contributed by atoms with Gasteiger partial charge in [0.05, 0.1) is 19.2 Å². The number of anilines is 1. The molecule has 216 valence electrons. The highest BCUT2D eigenvalue weighted by molar-refractivity contribution is 7.86. The van der Waals surface area contributed by atoms with E-state index in [9.17, 15) is 9.42 Å². The zero-order valence-electron chi connectivity index (χ0n) is 22.8. The van der Waals surface area contributed by atoms with Gasteiger partial charge in [0, 0.05) is 42.0 Å². The number of hydrogen-bond donors (Lipinski definition) is 3. The Morgan fingerprint density at radius 2 is 1.85 bits per heavy atom. The molecule has 9 nitrogen and oxygen atoms in total. The van der Waals surface area contributed by atoms with Gasteiger partial charge in [-0.25, -0.2) is 13.8 Å². The monoisotopic (exact) mass is 581 g/mol. The number of hydrogen-bond acceptors (Lipinski definition) is 7. The lowest BCUT2D eigenvalue weighted by molar-refractivity contribution is -0.827. The summed E-state index contributed by atoms with van der Waals surface area (Å²) >= 11 is 0. The summed E-state index contributed by atoms with van der Waals surface area (Å²) in [4.78, 5) is 7.30. The third-order valence-corrected chi connectivity index (χ3v) is 8.12. The topological polar surface area (TPSA) is 110 Å². The molecule has 1 saturated heterocycles. The maximum atomic E-state index is 15.1. The highest BCUT2D eigenvalue weighted by atomic mass is 32.2. The van der Waals surface area contributed by atoms with Crippen molar-refractivity contribution in [2.24, 2.45) is 0 Å². The minimum absolute atomic E-state index is 0.00469. The number of pyridine rings is 1. The van der Waals surface area contributed by atoms with E-state index in [0.29, 0.717) is 51.0 Å². The van der Waals surface area contributed by atoms with Crippen LogP contribution in [-0.4, -0.2) is 52.7 Å². The summed E-state index contributed by atoms with van der Waals surface area (Å²) in [6.07, 6.45) is 6.36. The average Bonchev–Trinajstić information content (AvgIpc) is 3.00. The molecule has 0 amide bonds. The molecule has 2 heterocycles. The van der Waals surface area contributed by atoms with Crippen LogP contribution in [0.4, 0.5) is 15.8 Å². The predicted octanol–water partition coefficient (Wildman–Crippen LogP) is 5.15. The number of quaternary nitrogens is 1. The van der Waals surface area contributed by atoms with Gasteiger partial charge in [0.15, 0.2) is 39.7 Å². The molecule has 0 spiro atoms. The highest BCUT2D eigenvalue weighted by Gasteiger charge is 2.16. The largest absolute Gasteiger partial charge is 0.493 e. The van der Waals surface area contributed by atoms with Crippen LogP contribution in [0.25, 0.3) is 10.9 Å². The fraction of sp³-hybridized carbons (Fsp3) is 0.300. The van der Waals surface area contributed by atoms with Crippen molar-refractivity contribution in [2.45, 2.75) is 30.6 Å². The molecule has 1 aliphatic rings. The molecule has 4 aromatic rings. The first-order chi connectivity index (χ1) is 20.1. The van der Waals surface area contributed by atoms with Crippen molar-refractivity contribution in [3.63, 3.8) is 0 Å². The molecule has 1 aliphatic heterocycles. The third kappa shape index (κ3) is 7.12. The van der Waals surface area contributed by atoms with E-state index < -0.39 is 16.8 Å². The second-order valence-corrected chi connectivity index (χ2v) is 10.9. The molecule has 1 fully saturated rings. The van der Waals surface area contributed by atoms with E-state index in [0.717, 1.165) is 31.5 Å². The van der Waals surface area contributed by atoms with Gasteiger partial charge in [-0.15, -0.1) is 0 Å². The molecule has 0 radical (unpaired) electrons. The number of ether oxygens (including phenoxy) is 3. The van der Waals surface area contributed by atoms with Gasteiger partial charge in [-0.3, -0.25) is 4.98 Å². The molecule has 11 heteroatoms. The number of likely N-dealkylation sites (tertiary alicyclic amines) is 1. The van der Waals surface area contributed by atoms with Crippen LogP contribution in [0.1, 0.15) is 25.7 Å². The summed E-state index contributed by atoms with van der Waals surface area (Å²) in [5, 5.41) is 10.0. The second-order valence-electron chi connectivity index (χ2n) is 9.72. The Morgan fingerprint density at radius 1 is 1.02 bits per heavy atom. The van der Waals surface area contributed by atoms with Crippen LogP contribution in [0.3, 0.4) is 0 Å². The van der Waals surface area contributed by atoms with Crippen molar-refractivity contribution >= 4 is 33.3 Å². The molecule has 1 aromatic heterocycles. The number of rotatable bonds is 12. The maximum absolute atomic E-state index is 15.1. The number of nitrogens with zero attached hydrogens (tertiary/aromatic N) is 2. The predicted molar refractivity (Wildman–Crippen MR) is 155 cm³/mol. The standard InChI is InChI=1S/C30H33FN4O5S/c1-38-28-19-22-25(20-29(28)39-17-7-16-35-14-5-2-6-15-35)32-13-12-26(22)40-27-11-10-21(18-23(27)31)34-41(37)30-9-4-3-8-24(30)33-36/h3-4,8-13,18-20,33-34,36H,2,5-7,14-17H2,1H3/p+1. The van der Waals surface area contributed by atoms with E-state index >= 15 is 4.39 Å². The highest BCUT2D eigenvalue weighted by Crippen LogP contribution is 2.38. The fourth-order valence-corrected chi connectivity index (χ4v) is 5.81. The molecular weight excluding hydrogens is 547 g/mol. The first-order valence-corrected chi connectivity index (χ1v) is 14.7. The lowest BCUT2D eigenvalue weighted by Gasteiger charge is -2.26. The third-order valence-electron chi connectivity index (χ3n) is 6.93. The summed E-state index contributed by atoms with van der Waals surface area (Å²) in [5.41, 5.74) is 2.21. The van der Waals surface area contributed by atoms with Gasteiger partial charge >= 0.3 is 0 Å². The van der Waals surface area contributed by atoms with Gasteiger partial charge < -0.3 is 23.8 Å². The number of aromatic nitrogens is 1. The van der Waals surface area contributed by atoms with Crippen molar-refractivity contribution in [1.82, 2.24) is 9.88 Å². The SMILES string of the molecule is COc1cc2c(Oc3ccc(NS(=O)c4ccccc4[NH2+]O)cc3F)ccnc2cc1OCCCN1CCCCC1. The van der Waals surface area contributed by atoms with E-state index in [2.05, 4.69) is 14.6 Å². The summed E-state index contributed by atoms with van der Waals surface area (Å²) in [7, 11) is -0.139. The van der Waals surface area contributed by atoms with Crippen molar-refractivity contribution in [2.75, 3.05) is 38.1 Å². The quantitative estimate of drug-likeness (QED) is 0.121. The lowest BCUT2D eigenvalue weighted by Crippen LogP contribution is -2.74. The Bertz CT molecular complexity index is 1520. The molecule has 0 bridgehead atoms. The Morgan fingerprint density at radius 3 is 2.63 bits per heavy atom. The number of halogens is 1. The van der Waals surface area contributed by atoms with E-state index in [-0.39, 0.29) is 5.75 Å². The molecule has 3 aromatic carbocycles. The van der Waals surface area contributed by atoms with Gasteiger partial charge in [0.2, 0.25) is 0 Å². The number of nitrogens with one attached hydrogen (secondary N) is 1. The zero-order valence-corrected chi connectivity index (χ0v) is 23.7. The van der Waals surface area contributed by atoms with Crippen LogP contribution in [-0.2, 0) is 11.0 Å². The fourth-order valence-electron chi connectivity index (χ4n) is 4.83. The summed E-state index contributed by atoms with van der Waals surface area (Å²) in [5.74, 6) is 0.893. The summed E-state index contributed by atoms with van der Waals surface area (Å²) < 4.78 is 48.2. The number of methoxy groups -OCH3 is 1. The van der Waals surface area contributed by atoms with Gasteiger partial charge in [-0.05, 0) is 62.7 Å². The first kappa shape index (κ1) is 28.7. The maximum Gasteiger partial charge on any atom is 0.179 e. The smallest absolute Gasteiger partial charge is 0.179 e. The Hall–Kier alpha value is -3.77. The molecule has 0 saturated carbocycles. The Labute approximate surface area is 240 Å². The Kier molecular flexibility index (Phi) is 9.63. The van der Waals surface area contributed by atoms with Crippen molar-refractivity contribution in [3.05, 3.63) is 72.7 Å². The van der Waals surface area contributed by atoms with Crippen molar-refractivity contribution < 1.29 is 33.5 Å². The Balaban J connectivity index is 1.28. The van der Waals surface area contributed by atoms with Gasteiger partial charge in [-0.2, -0.15) is 5.48 Å². The first-order valence-electron chi connectivity index (χ1n) is 13.6. The summed E-state index contributed by atoms with van der Waals surface area (Å²) in [6.45, 7) is 3.89. The van der Waals surface area contributed by atoms with Crippen LogP contribution in [0.15, 0.2) is 71.8 Å². The molecule has 4 N–H and O–H groups in total. The lowest BCUT2D eigenvalue weighted by atomic mass is 10.1. The zero-order chi connectivity index (χ0) is 28.6. The van der Waals surface area contributed by atoms with Crippen molar-refractivity contribution in [1.29, 1.82) is 0 Å². The van der Waals surface area contributed by atoms with Crippen LogP contribution in [0.5, 0.6) is 23.0 Å². The minimum Gasteiger partial charge on any atom is -0.493 e. The molecule has 0 aliphatic carbocycles. The molecule has 41 heavy (non-hydrogen) atoms. The number of para-hydroxylation sites is 1. The van der Waals surface area contributed by atoms with Crippen LogP contribution in [0, 0.1) is 5.82 Å². The summed E-state index contributed by atoms with van der Waals surface area (Å²) in [6, 6.07) is 16.2. The van der Waals surface area contributed by atoms with E-state index in [4.69, 9.17) is 14.2 Å². The molecule has 5 rings (SSSR count). The molecule has 1 unspecified atom stereocenters. The van der Waals surface area contributed by atoms with Crippen LogP contribution < -0.4 is 24.4 Å². The number of fused-ring (bicyclic) bond motifs is 1. The molecular formula is C30H34FN4O5S+. The van der Waals surface area contributed by atoms with E-state index in [1.54, 1.807) is 55.8 Å². The number of piperidine rings is 1. The average molecular weight is 582 g/mol. The van der Waals surface area contributed by atoms with Crippen LogP contribution >= 0.6 is 0 Å². The van der Waals surface area contributed by atoms with Gasteiger partial charge in [-0.1, -0.05) is 18.6 Å². The minimum atomic E-state index is -1.71. The number of benzene rings is 3. The van der Waals surface area contributed by atoms with E-state index in [1.165, 1.54) is 31.4 Å².